The second-order valence-electron chi connectivity index (χ2n) is 14.2. The molecule has 0 aromatic heterocycles. The van der Waals surface area contributed by atoms with Gasteiger partial charge in [0, 0.05) is 40.6 Å². The average molecular weight is 795 g/mol. The molecule has 16 nitrogen and oxygen atoms in total. The number of hydrogen-bond acceptors (Lipinski definition) is 13. The Morgan fingerprint density at radius 2 is 1.89 bits per heavy atom. The van der Waals surface area contributed by atoms with Gasteiger partial charge >= 0.3 is 12.1 Å². The first kappa shape index (κ1) is 44.0. The molecule has 3 heterocycles. The summed E-state index contributed by atoms with van der Waals surface area (Å²) in [6.07, 6.45) is 1.02. The normalized spacial score (nSPS) is 27.6. The first-order chi connectivity index (χ1) is 26.1. The second kappa shape index (κ2) is 19.4. The van der Waals surface area contributed by atoms with Crippen LogP contribution in [-0.4, -0.2) is 137 Å². The van der Waals surface area contributed by atoms with Gasteiger partial charge in [0.05, 0.1) is 58.2 Å². The van der Waals surface area contributed by atoms with E-state index in [1.54, 1.807) is 38.3 Å². The van der Waals surface area contributed by atoms with E-state index in [1.807, 2.05) is 13.0 Å². The minimum atomic E-state index is -1.82. The van der Waals surface area contributed by atoms with E-state index in [-0.39, 0.29) is 49.8 Å². The number of likely N-dealkylation sites (N-methyl/N-ethyl adjacent to an activating group) is 1. The molecule has 306 valence electrons. The van der Waals surface area contributed by atoms with Crippen molar-refractivity contribution in [2.45, 2.75) is 94.7 Å². The van der Waals surface area contributed by atoms with E-state index < -0.39 is 59.8 Å². The number of nitrogens with zero attached hydrogens (tertiary/aromatic N) is 2. The largest absolute Gasteiger partial charge is 0.495 e. The van der Waals surface area contributed by atoms with Crippen LogP contribution in [0.4, 0.5) is 10.5 Å². The molecule has 3 amide bonds. The number of aliphatic hydroxyl groups is 1. The number of allylic oxidation sites excluding steroid dienone is 3. The predicted molar refractivity (Wildman–Crippen MR) is 202 cm³/mol. The Balaban J connectivity index is 1.62. The van der Waals surface area contributed by atoms with Crippen LogP contribution in [0.25, 0.3) is 0 Å². The fraction of sp³-hybridized carbons (Fsp3) is 0.632. The van der Waals surface area contributed by atoms with Crippen LogP contribution >= 0.6 is 11.6 Å². The zero-order valence-corrected chi connectivity index (χ0v) is 33.4. The number of methoxy groups -OCH3 is 2. The molecule has 4 bridgehead atoms. The molecule has 4 rings (SSSR count). The van der Waals surface area contributed by atoms with Crippen LogP contribution in [0.2, 0.25) is 5.02 Å². The van der Waals surface area contributed by atoms with Crippen LogP contribution in [0, 0.1) is 0 Å². The molecular formula is C38H55ClN4O12. The molecule has 55 heavy (non-hydrogen) atoms. The Hall–Kier alpha value is -3.77. The summed E-state index contributed by atoms with van der Waals surface area (Å²) in [7, 11) is 5.95. The fourth-order valence-corrected chi connectivity index (χ4v) is 6.92. The smallest absolute Gasteiger partial charge is 0.409 e. The summed E-state index contributed by atoms with van der Waals surface area (Å²) in [4.78, 5) is 56.1. The topological polar surface area (TPSA) is 201 Å². The van der Waals surface area contributed by atoms with Gasteiger partial charge in [-0.1, -0.05) is 35.4 Å². The Morgan fingerprint density at radius 1 is 1.18 bits per heavy atom. The number of alkyl carbamates (subject to hydrolysis) is 1. The summed E-state index contributed by atoms with van der Waals surface area (Å²) in [5.74, 6) is -1.20. The molecule has 0 saturated carbocycles. The van der Waals surface area contributed by atoms with Gasteiger partial charge in [-0.2, -0.15) is 0 Å². The molecule has 0 radical (unpaired) electrons. The molecule has 7 unspecified atom stereocenters. The molecule has 17 heteroatoms. The number of nitrogens with one attached hydrogen (secondary N) is 1. The first-order valence-corrected chi connectivity index (χ1v) is 18.6. The maximum absolute atomic E-state index is 14.1. The number of epoxide rings is 1. The molecule has 7 atom stereocenters. The minimum absolute atomic E-state index is 0.0141. The minimum Gasteiger partial charge on any atom is -0.495 e. The molecule has 2 fully saturated rings. The SMILES string of the molecule is COc1cc2cc(c1Cl)N(C)C(=O)CC(OC(=O)C(C)N(C)C(=O)CCOCCOCCN)C1(C)OC1CC1CC(O)(NC(=O)O1)C(OC)C=CC=C(C)C2. The van der Waals surface area contributed by atoms with Gasteiger partial charge in [-0.15, -0.1) is 0 Å². The zero-order valence-electron chi connectivity index (χ0n) is 32.6. The number of carbonyl (C=O) groups excluding carboxylic acids is 4. The lowest BCUT2D eigenvalue weighted by molar-refractivity contribution is -0.162. The summed E-state index contributed by atoms with van der Waals surface area (Å²) in [6.45, 7) is 6.70. The number of rotatable bonds is 13. The van der Waals surface area contributed by atoms with Gasteiger partial charge in [0.15, 0.2) is 5.72 Å². The molecule has 2 saturated heterocycles. The van der Waals surface area contributed by atoms with Crippen molar-refractivity contribution in [2.75, 3.05) is 66.2 Å². The van der Waals surface area contributed by atoms with Gasteiger partial charge in [-0.05, 0) is 44.9 Å². The molecule has 1 aromatic carbocycles. The second-order valence-corrected chi connectivity index (χ2v) is 14.6. The van der Waals surface area contributed by atoms with Crippen LogP contribution in [0.15, 0.2) is 35.9 Å². The zero-order chi connectivity index (χ0) is 40.5. The average Bonchev–Trinajstić information content (AvgIpc) is 3.80. The van der Waals surface area contributed by atoms with E-state index in [4.69, 9.17) is 50.5 Å². The highest BCUT2D eigenvalue weighted by Gasteiger charge is 2.61. The molecule has 4 N–H and O–H groups in total. The van der Waals surface area contributed by atoms with Crippen molar-refractivity contribution < 1.29 is 57.4 Å². The van der Waals surface area contributed by atoms with E-state index in [9.17, 15) is 24.3 Å². The lowest BCUT2D eigenvalue weighted by Gasteiger charge is -2.40. The molecule has 1 aromatic rings. The third-order valence-electron chi connectivity index (χ3n) is 10.2. The highest BCUT2D eigenvalue weighted by molar-refractivity contribution is 6.35. The van der Waals surface area contributed by atoms with Crippen LogP contribution in [-0.2, 0) is 49.2 Å². The third kappa shape index (κ3) is 11.2. The standard InChI is InChI=1S/C38H55ClN4O12/c1-23-9-8-10-29(50-7)38(48)22-26(53-36(47)41-38)20-31-37(3,55-31)30(21-33(45)43(5)27-18-25(17-23)19-28(49-6)34(27)39)54-35(46)24(2)42(4)32(44)11-13-51-15-16-52-14-12-40/h8-10,18-19,24,26,29-31,48H,11-17,20-22,40H2,1-7H3,(H,41,47). The summed E-state index contributed by atoms with van der Waals surface area (Å²) in [6, 6.07) is 2.54. The van der Waals surface area contributed by atoms with Crippen LogP contribution in [0.3, 0.4) is 0 Å². The highest BCUT2D eigenvalue weighted by Crippen LogP contribution is 2.47. The number of amides is 3. The van der Waals surface area contributed by atoms with E-state index in [2.05, 4.69) is 5.32 Å². The van der Waals surface area contributed by atoms with Crippen LogP contribution in [0.5, 0.6) is 5.75 Å². The number of anilines is 1. The van der Waals surface area contributed by atoms with E-state index in [0.717, 1.165) is 11.1 Å². The van der Waals surface area contributed by atoms with Crippen molar-refractivity contribution in [3.63, 3.8) is 0 Å². The van der Waals surface area contributed by atoms with Gasteiger partial charge in [-0.3, -0.25) is 14.9 Å². The molecule has 0 aliphatic carbocycles. The monoisotopic (exact) mass is 794 g/mol. The number of benzene rings is 1. The summed E-state index contributed by atoms with van der Waals surface area (Å²) >= 11 is 6.74. The number of halogens is 1. The van der Waals surface area contributed by atoms with Gasteiger partial charge in [0.2, 0.25) is 11.8 Å². The Morgan fingerprint density at radius 3 is 2.56 bits per heavy atom. The number of hydrogen-bond donors (Lipinski definition) is 3. The molecular weight excluding hydrogens is 740 g/mol. The first-order valence-electron chi connectivity index (χ1n) is 18.3. The molecule has 0 spiro atoms. The summed E-state index contributed by atoms with van der Waals surface area (Å²) in [5, 5.41) is 14.3. The van der Waals surface area contributed by atoms with Crippen LogP contribution < -0.4 is 20.7 Å². The third-order valence-corrected chi connectivity index (χ3v) is 10.5. The van der Waals surface area contributed by atoms with Crippen molar-refractivity contribution in [3.05, 3.63) is 46.5 Å². The van der Waals surface area contributed by atoms with Gasteiger partial charge in [0.25, 0.3) is 0 Å². The lowest BCUT2D eigenvalue weighted by Crippen LogP contribution is -2.62. The van der Waals surface area contributed by atoms with Gasteiger partial charge in [-0.25, -0.2) is 9.59 Å². The summed E-state index contributed by atoms with van der Waals surface area (Å²) in [5.41, 5.74) is 4.47. The number of ether oxygens (including phenoxy) is 7. The Labute approximate surface area is 327 Å². The Bertz CT molecular complexity index is 1610. The predicted octanol–water partition coefficient (Wildman–Crippen LogP) is 2.65. The summed E-state index contributed by atoms with van der Waals surface area (Å²) < 4.78 is 39.6. The van der Waals surface area contributed by atoms with Crippen LogP contribution in [0.1, 0.15) is 52.0 Å². The molecule has 3 aliphatic heterocycles. The van der Waals surface area contributed by atoms with E-state index >= 15 is 0 Å². The van der Waals surface area contributed by atoms with Crippen molar-refractivity contribution in [2.24, 2.45) is 5.73 Å². The Kier molecular flexibility index (Phi) is 15.5. The lowest BCUT2D eigenvalue weighted by atomic mass is 9.90. The quantitative estimate of drug-likeness (QED) is 0.150. The van der Waals surface area contributed by atoms with E-state index in [1.165, 1.54) is 38.0 Å². The number of carbonyl (C=O) groups is 4. The maximum atomic E-state index is 14.1. The number of fused-ring (bicyclic) bond motifs is 5. The highest BCUT2D eigenvalue weighted by atomic mass is 35.5. The number of nitrogens with two attached hydrogens (primary N) is 1. The van der Waals surface area contributed by atoms with Crippen molar-refractivity contribution >= 4 is 41.2 Å². The maximum Gasteiger partial charge on any atom is 0.409 e. The number of esters is 1. The van der Waals surface area contributed by atoms with Crippen molar-refractivity contribution in [3.8, 4) is 5.75 Å². The van der Waals surface area contributed by atoms with Gasteiger partial charge < -0.3 is 53.8 Å². The van der Waals surface area contributed by atoms with E-state index in [0.29, 0.717) is 37.6 Å². The molecule has 3 aliphatic rings. The van der Waals surface area contributed by atoms with Gasteiger partial charge in [0.1, 0.15) is 40.7 Å². The van der Waals surface area contributed by atoms with Crippen molar-refractivity contribution in [1.82, 2.24) is 10.2 Å². The van der Waals surface area contributed by atoms with Crippen molar-refractivity contribution in [1.29, 1.82) is 0 Å². The fourth-order valence-electron chi connectivity index (χ4n) is 6.61.